The van der Waals surface area contributed by atoms with Crippen LogP contribution >= 0.6 is 11.3 Å². The van der Waals surface area contributed by atoms with Gasteiger partial charge in [0.1, 0.15) is 0 Å². The monoisotopic (exact) mass is 561 g/mol. The number of thiazole rings is 1. The molecule has 0 aliphatic rings. The predicted octanol–water partition coefficient (Wildman–Crippen LogP) is 3.11. The molecule has 14 heteroatoms. The summed E-state index contributed by atoms with van der Waals surface area (Å²) in [4.78, 5) is 39.0. The Bertz CT molecular complexity index is 1410. The van der Waals surface area contributed by atoms with Crippen LogP contribution < -0.4 is 21.3 Å². The van der Waals surface area contributed by atoms with Crippen molar-refractivity contribution in [3.05, 3.63) is 70.2 Å². The lowest BCUT2D eigenvalue weighted by molar-refractivity contribution is -0.114. The Morgan fingerprint density at radius 2 is 1.63 bits per heavy atom. The molecule has 0 radical (unpaired) electrons. The van der Waals surface area contributed by atoms with E-state index in [-0.39, 0.29) is 10.8 Å². The Hall–Kier alpha value is -4.17. The Morgan fingerprint density at radius 1 is 0.974 bits per heavy atom. The van der Waals surface area contributed by atoms with Gasteiger partial charge in [-0.05, 0) is 48.2 Å². The van der Waals surface area contributed by atoms with Crippen LogP contribution in [0, 0.1) is 0 Å². The number of aromatic nitrogens is 1. The standard InChI is InChI=1S/C24H27N5O7S2/c1-14(30)25-22-27-19(20(37-22)13-16-4-3-5-18(12-16)38(2,35)36)11-8-15-6-9-17(10-7-15)26-21(28-23(31)32)29-24(33)34/h3-7,9-10,12,21,26,28-29H,8,11,13H2,1-2H3,(H,31,32)(H,33,34)(H,25,27,30). The molecule has 0 fully saturated rings. The molecule has 0 aliphatic heterocycles. The zero-order valence-electron chi connectivity index (χ0n) is 20.5. The van der Waals surface area contributed by atoms with Crippen LogP contribution in [0.1, 0.15) is 28.6 Å². The molecule has 1 heterocycles. The van der Waals surface area contributed by atoms with Crippen LogP contribution in [-0.4, -0.2) is 54.3 Å². The van der Waals surface area contributed by atoms with Crippen LogP contribution in [0.2, 0.25) is 0 Å². The largest absolute Gasteiger partial charge is 0.465 e. The molecule has 3 amide bonds. The number of carboxylic acid groups (broad SMARTS) is 2. The van der Waals surface area contributed by atoms with Gasteiger partial charge in [0.25, 0.3) is 0 Å². The van der Waals surface area contributed by atoms with Crippen LogP contribution in [0.25, 0.3) is 0 Å². The van der Waals surface area contributed by atoms with Crippen molar-refractivity contribution in [1.82, 2.24) is 15.6 Å². The average Bonchev–Trinajstić information content (AvgIpc) is 3.17. The molecule has 1 aromatic heterocycles. The van der Waals surface area contributed by atoms with Crippen molar-refractivity contribution in [3.8, 4) is 0 Å². The highest BCUT2D eigenvalue weighted by Crippen LogP contribution is 2.28. The minimum Gasteiger partial charge on any atom is -0.465 e. The normalized spacial score (nSPS) is 11.1. The lowest BCUT2D eigenvalue weighted by Crippen LogP contribution is -2.52. The van der Waals surface area contributed by atoms with Gasteiger partial charge in [-0.25, -0.2) is 23.0 Å². The first kappa shape index (κ1) is 28.4. The summed E-state index contributed by atoms with van der Waals surface area (Å²) in [6.07, 6.45) is -1.26. The number of carbonyl (C=O) groups is 3. The van der Waals surface area contributed by atoms with E-state index in [0.29, 0.717) is 30.1 Å². The van der Waals surface area contributed by atoms with Gasteiger partial charge in [0.05, 0.1) is 10.6 Å². The predicted molar refractivity (Wildman–Crippen MR) is 142 cm³/mol. The number of nitrogens with zero attached hydrogens (tertiary/aromatic N) is 1. The second kappa shape index (κ2) is 12.4. The van der Waals surface area contributed by atoms with E-state index in [1.807, 2.05) is 28.8 Å². The van der Waals surface area contributed by atoms with Crippen molar-refractivity contribution in [2.24, 2.45) is 0 Å². The van der Waals surface area contributed by atoms with E-state index in [1.54, 1.807) is 30.3 Å². The molecule has 38 heavy (non-hydrogen) atoms. The molecule has 0 aliphatic carbocycles. The summed E-state index contributed by atoms with van der Waals surface area (Å²) in [5.74, 6) is -0.243. The van der Waals surface area contributed by atoms with E-state index < -0.39 is 28.3 Å². The van der Waals surface area contributed by atoms with Gasteiger partial charge in [-0.15, -0.1) is 11.3 Å². The summed E-state index contributed by atoms with van der Waals surface area (Å²) in [5.41, 5.74) is 3.03. The number of rotatable bonds is 11. The van der Waals surface area contributed by atoms with Gasteiger partial charge in [0.15, 0.2) is 21.3 Å². The van der Waals surface area contributed by atoms with Crippen molar-refractivity contribution in [3.63, 3.8) is 0 Å². The summed E-state index contributed by atoms with van der Waals surface area (Å²) in [5, 5.41) is 27.7. The van der Waals surface area contributed by atoms with Crippen molar-refractivity contribution >= 4 is 50.1 Å². The number of hydrogen-bond donors (Lipinski definition) is 6. The summed E-state index contributed by atoms with van der Waals surface area (Å²) < 4.78 is 23.9. The second-order valence-corrected chi connectivity index (χ2v) is 11.4. The summed E-state index contributed by atoms with van der Waals surface area (Å²) in [6, 6.07) is 13.7. The number of sulfone groups is 1. The van der Waals surface area contributed by atoms with Crippen LogP contribution in [0.15, 0.2) is 53.4 Å². The highest BCUT2D eigenvalue weighted by molar-refractivity contribution is 7.90. The maximum absolute atomic E-state index is 11.9. The van der Waals surface area contributed by atoms with Gasteiger partial charge in [-0.2, -0.15) is 0 Å². The number of benzene rings is 2. The molecule has 0 atom stereocenters. The minimum atomic E-state index is -3.35. The second-order valence-electron chi connectivity index (χ2n) is 8.34. The molecule has 12 nitrogen and oxygen atoms in total. The topological polar surface area (TPSA) is 187 Å². The highest BCUT2D eigenvalue weighted by Gasteiger charge is 2.16. The van der Waals surface area contributed by atoms with E-state index in [9.17, 15) is 22.8 Å². The smallest absolute Gasteiger partial charge is 0.407 e. The quantitative estimate of drug-likeness (QED) is 0.191. The maximum Gasteiger partial charge on any atom is 0.407 e. The fraction of sp³-hybridized carbons (Fsp3) is 0.250. The van der Waals surface area contributed by atoms with Crippen molar-refractivity contribution in [2.45, 2.75) is 37.4 Å². The van der Waals surface area contributed by atoms with Gasteiger partial charge >= 0.3 is 12.2 Å². The summed E-state index contributed by atoms with van der Waals surface area (Å²) in [7, 11) is -3.35. The fourth-order valence-electron chi connectivity index (χ4n) is 3.54. The van der Waals surface area contributed by atoms with Gasteiger partial charge < -0.3 is 20.8 Å². The third-order valence-electron chi connectivity index (χ3n) is 5.20. The fourth-order valence-corrected chi connectivity index (χ4v) is 5.32. The molecular formula is C24H27N5O7S2. The third-order valence-corrected chi connectivity index (χ3v) is 7.33. The van der Waals surface area contributed by atoms with Gasteiger partial charge in [0, 0.05) is 30.2 Å². The van der Waals surface area contributed by atoms with Crippen molar-refractivity contribution in [1.29, 1.82) is 0 Å². The number of carbonyl (C=O) groups excluding carboxylic acids is 1. The van der Waals surface area contributed by atoms with Crippen LogP contribution in [-0.2, 0) is 33.9 Å². The number of hydrogen-bond acceptors (Lipinski definition) is 8. The van der Waals surface area contributed by atoms with E-state index in [1.165, 1.54) is 18.3 Å². The first-order chi connectivity index (χ1) is 17.9. The molecule has 0 saturated heterocycles. The Morgan fingerprint density at radius 3 is 2.21 bits per heavy atom. The highest BCUT2D eigenvalue weighted by atomic mass is 32.2. The van der Waals surface area contributed by atoms with Crippen LogP contribution in [0.5, 0.6) is 0 Å². The first-order valence-corrected chi connectivity index (χ1v) is 14.0. The number of amides is 3. The molecule has 3 aromatic rings. The molecule has 0 spiro atoms. The molecule has 2 aromatic carbocycles. The molecule has 6 N–H and O–H groups in total. The molecule has 0 bridgehead atoms. The molecule has 0 saturated carbocycles. The minimum absolute atomic E-state index is 0.233. The Balaban J connectivity index is 1.73. The van der Waals surface area contributed by atoms with E-state index >= 15 is 0 Å². The lowest BCUT2D eigenvalue weighted by atomic mass is 10.0. The van der Waals surface area contributed by atoms with Gasteiger partial charge in [-0.3, -0.25) is 15.4 Å². The van der Waals surface area contributed by atoms with Crippen molar-refractivity contribution < 1.29 is 33.0 Å². The lowest BCUT2D eigenvalue weighted by Gasteiger charge is -2.19. The zero-order chi connectivity index (χ0) is 27.9. The summed E-state index contributed by atoms with van der Waals surface area (Å²) in [6.45, 7) is 1.40. The molecule has 0 unspecified atom stereocenters. The average molecular weight is 562 g/mol. The van der Waals surface area contributed by atoms with Gasteiger partial charge in [-0.1, -0.05) is 24.3 Å². The Labute approximate surface area is 223 Å². The first-order valence-electron chi connectivity index (χ1n) is 11.3. The maximum atomic E-state index is 11.9. The third kappa shape index (κ3) is 8.74. The summed E-state index contributed by atoms with van der Waals surface area (Å²) >= 11 is 1.34. The molecule has 202 valence electrons. The number of aryl methyl sites for hydroxylation is 2. The van der Waals surface area contributed by atoms with Gasteiger partial charge in [0.2, 0.25) is 5.91 Å². The number of anilines is 2. The zero-order valence-corrected chi connectivity index (χ0v) is 22.1. The van der Waals surface area contributed by atoms with E-state index in [2.05, 4.69) is 15.6 Å². The molecule has 3 rings (SSSR count). The molecular weight excluding hydrogens is 534 g/mol. The van der Waals surface area contributed by atoms with Crippen molar-refractivity contribution in [2.75, 3.05) is 16.9 Å². The number of nitrogens with one attached hydrogen (secondary N) is 4. The van der Waals surface area contributed by atoms with E-state index in [0.717, 1.165) is 28.0 Å². The SMILES string of the molecule is CC(=O)Nc1nc(CCc2ccc(NC(NC(=O)O)NC(=O)O)cc2)c(Cc2cccc(S(C)(=O)=O)c2)s1. The Kier molecular flexibility index (Phi) is 9.25. The van der Waals surface area contributed by atoms with Crippen LogP contribution in [0.4, 0.5) is 20.4 Å². The van der Waals surface area contributed by atoms with Crippen LogP contribution in [0.3, 0.4) is 0 Å². The van der Waals surface area contributed by atoms with E-state index in [4.69, 9.17) is 10.2 Å².